The molecule has 1 aliphatic heterocycles. The first kappa shape index (κ1) is 15.9. The van der Waals surface area contributed by atoms with E-state index in [2.05, 4.69) is 54.3 Å². The molecule has 0 amide bonds. The Morgan fingerprint density at radius 2 is 2.04 bits per heavy atom. The molecular weight excluding hydrogens is 366 g/mol. The van der Waals surface area contributed by atoms with Crippen molar-refractivity contribution in [2.45, 2.75) is 15.0 Å². The van der Waals surface area contributed by atoms with E-state index in [1.807, 2.05) is 30.1 Å². The van der Waals surface area contributed by atoms with Gasteiger partial charge in [-0.3, -0.25) is 5.10 Å². The van der Waals surface area contributed by atoms with Crippen molar-refractivity contribution in [1.82, 2.24) is 36.1 Å². The summed E-state index contributed by atoms with van der Waals surface area (Å²) < 4.78 is 0. The van der Waals surface area contributed by atoms with E-state index in [4.69, 9.17) is 12.6 Å². The number of H-pyrrole nitrogens is 2. The third-order valence-electron chi connectivity index (χ3n) is 4.52. The Kier molecular flexibility index (Phi) is 3.92. The Hall–Kier alpha value is -2.36. The number of hydrogen-bond acceptors (Lipinski definition) is 7. The van der Waals surface area contributed by atoms with Crippen LogP contribution in [0.4, 0.5) is 0 Å². The smallest absolute Gasteiger partial charge is 0.206 e. The maximum Gasteiger partial charge on any atom is 0.206 e. The van der Waals surface area contributed by atoms with E-state index in [9.17, 15) is 0 Å². The highest BCUT2D eigenvalue weighted by atomic mass is 32.2. The predicted molar refractivity (Wildman–Crippen MR) is 104 cm³/mol. The molecule has 26 heavy (non-hydrogen) atoms. The lowest BCUT2D eigenvalue weighted by Crippen LogP contribution is -2.44. The molecular formula is C17H15N7S2. The van der Waals surface area contributed by atoms with Gasteiger partial charge in [0.25, 0.3) is 0 Å². The van der Waals surface area contributed by atoms with E-state index >= 15 is 0 Å². The Morgan fingerprint density at radius 1 is 1.12 bits per heavy atom. The minimum atomic E-state index is 0.541. The van der Waals surface area contributed by atoms with Crippen LogP contribution < -0.4 is 5.32 Å². The maximum atomic E-state index is 4.85. The highest BCUT2D eigenvalue weighted by Gasteiger charge is 2.23. The minimum Gasteiger partial charge on any atom is -0.314 e. The molecule has 9 heteroatoms. The van der Waals surface area contributed by atoms with Crippen LogP contribution in [0.5, 0.6) is 0 Å². The molecule has 0 unspecified atom stereocenters. The number of aromatic nitrogens is 6. The molecule has 3 heterocycles. The summed E-state index contributed by atoms with van der Waals surface area (Å²) in [5.41, 5.74) is 3.95. The summed E-state index contributed by atoms with van der Waals surface area (Å²) in [6.07, 6.45) is 1.84. The summed E-state index contributed by atoms with van der Waals surface area (Å²) in [5.74, 6) is 0.541. The SMILES string of the molecule is Sc1c(SC2CNC2)ccc(-c2cccc3[nH]ncc23)c1-c1nn[nH]n1. The third kappa shape index (κ3) is 2.59. The van der Waals surface area contributed by atoms with Crippen LogP contribution in [-0.4, -0.2) is 49.2 Å². The van der Waals surface area contributed by atoms with Gasteiger partial charge in [-0.15, -0.1) is 34.6 Å². The summed E-state index contributed by atoms with van der Waals surface area (Å²) in [4.78, 5) is 2.00. The molecule has 3 N–H and O–H groups in total. The van der Waals surface area contributed by atoms with Crippen molar-refractivity contribution >= 4 is 35.3 Å². The lowest BCUT2D eigenvalue weighted by molar-refractivity contribution is 0.543. The predicted octanol–water partition coefficient (Wildman–Crippen LogP) is 2.76. The van der Waals surface area contributed by atoms with Gasteiger partial charge < -0.3 is 5.32 Å². The molecule has 0 radical (unpaired) electrons. The lowest BCUT2D eigenvalue weighted by Gasteiger charge is -2.27. The third-order valence-corrected chi connectivity index (χ3v) is 6.40. The van der Waals surface area contributed by atoms with Crippen LogP contribution in [0.25, 0.3) is 33.4 Å². The standard InChI is InChI=1S/C17H15N7S2/c25-16-14(26-9-6-18-7-9)5-4-11(15(16)17-21-23-24-22-17)10-2-1-3-13-12(10)8-19-20-13/h1-5,8-9,18,25H,6-7H2,(H,19,20)(H,21,22,23,24). The van der Waals surface area contributed by atoms with Crippen molar-refractivity contribution in [1.29, 1.82) is 0 Å². The molecule has 1 saturated heterocycles. The van der Waals surface area contributed by atoms with Crippen molar-refractivity contribution in [2.75, 3.05) is 13.1 Å². The van der Waals surface area contributed by atoms with Crippen molar-refractivity contribution < 1.29 is 0 Å². The zero-order valence-corrected chi connectivity index (χ0v) is 15.3. The van der Waals surface area contributed by atoms with Crippen LogP contribution in [-0.2, 0) is 0 Å². The summed E-state index contributed by atoms with van der Waals surface area (Å²) in [7, 11) is 0. The number of thiol groups is 1. The van der Waals surface area contributed by atoms with E-state index in [0.717, 1.165) is 50.5 Å². The molecule has 130 valence electrons. The number of rotatable bonds is 4. The van der Waals surface area contributed by atoms with Gasteiger partial charge in [-0.2, -0.15) is 10.3 Å². The molecule has 0 atom stereocenters. The molecule has 0 aliphatic carbocycles. The average Bonchev–Trinajstić information content (AvgIpc) is 3.30. The molecule has 1 aliphatic rings. The fourth-order valence-electron chi connectivity index (χ4n) is 3.11. The van der Waals surface area contributed by atoms with E-state index in [1.165, 1.54) is 0 Å². The minimum absolute atomic E-state index is 0.541. The Balaban J connectivity index is 1.72. The van der Waals surface area contributed by atoms with Crippen LogP contribution in [0.2, 0.25) is 0 Å². The molecule has 7 nitrogen and oxygen atoms in total. The Morgan fingerprint density at radius 3 is 2.81 bits per heavy atom. The topological polar surface area (TPSA) is 95.2 Å². The lowest BCUT2D eigenvalue weighted by atomic mass is 9.96. The van der Waals surface area contributed by atoms with Gasteiger partial charge in [0.15, 0.2) is 0 Å². The summed E-state index contributed by atoms with van der Waals surface area (Å²) >= 11 is 6.68. The van der Waals surface area contributed by atoms with Gasteiger partial charge in [0.2, 0.25) is 5.82 Å². The first-order valence-electron chi connectivity index (χ1n) is 8.21. The molecule has 2 aromatic carbocycles. The van der Waals surface area contributed by atoms with E-state index in [1.54, 1.807) is 0 Å². The Labute approximate surface area is 158 Å². The number of benzene rings is 2. The zero-order valence-electron chi connectivity index (χ0n) is 13.6. The number of nitrogens with one attached hydrogen (secondary N) is 3. The molecule has 0 spiro atoms. The van der Waals surface area contributed by atoms with Crippen molar-refractivity contribution in [3.8, 4) is 22.5 Å². The molecule has 0 saturated carbocycles. The summed E-state index contributed by atoms with van der Waals surface area (Å²) in [5, 5.41) is 26.8. The van der Waals surface area contributed by atoms with E-state index in [-0.39, 0.29) is 0 Å². The van der Waals surface area contributed by atoms with Gasteiger partial charge >= 0.3 is 0 Å². The first-order chi connectivity index (χ1) is 12.8. The molecule has 2 aromatic heterocycles. The fraction of sp³-hybridized carbons (Fsp3) is 0.176. The number of aromatic amines is 2. The maximum absolute atomic E-state index is 4.85. The normalized spacial score (nSPS) is 14.7. The fourth-order valence-corrected chi connectivity index (χ4v) is 4.69. The van der Waals surface area contributed by atoms with Crippen LogP contribution in [0.15, 0.2) is 46.3 Å². The zero-order chi connectivity index (χ0) is 17.5. The number of tetrazole rings is 1. The van der Waals surface area contributed by atoms with Gasteiger partial charge in [-0.25, -0.2) is 0 Å². The largest absolute Gasteiger partial charge is 0.314 e. The number of fused-ring (bicyclic) bond motifs is 1. The van der Waals surface area contributed by atoms with E-state index < -0.39 is 0 Å². The van der Waals surface area contributed by atoms with Crippen LogP contribution in [0.3, 0.4) is 0 Å². The summed E-state index contributed by atoms with van der Waals surface area (Å²) in [6, 6.07) is 10.3. The molecule has 5 rings (SSSR count). The first-order valence-corrected chi connectivity index (χ1v) is 9.53. The molecule has 1 fully saturated rings. The molecule has 4 aromatic rings. The van der Waals surface area contributed by atoms with Gasteiger partial charge in [0.05, 0.1) is 11.7 Å². The van der Waals surface area contributed by atoms with Gasteiger partial charge in [0.1, 0.15) is 0 Å². The van der Waals surface area contributed by atoms with Crippen molar-refractivity contribution in [2.24, 2.45) is 0 Å². The quantitative estimate of drug-likeness (QED) is 0.406. The second-order valence-corrected chi connectivity index (χ2v) is 7.89. The van der Waals surface area contributed by atoms with Crippen LogP contribution >= 0.6 is 24.4 Å². The number of thioether (sulfide) groups is 1. The average molecular weight is 381 g/mol. The van der Waals surface area contributed by atoms with Gasteiger partial charge in [-0.1, -0.05) is 18.2 Å². The highest BCUT2D eigenvalue weighted by molar-refractivity contribution is 8.00. The highest BCUT2D eigenvalue weighted by Crippen LogP contribution is 2.43. The second kappa shape index (κ2) is 6.42. The molecule has 0 bridgehead atoms. The van der Waals surface area contributed by atoms with Gasteiger partial charge in [0, 0.05) is 39.1 Å². The Bertz CT molecular complexity index is 1070. The van der Waals surface area contributed by atoms with Gasteiger partial charge in [-0.05, 0) is 28.5 Å². The van der Waals surface area contributed by atoms with Crippen LogP contribution in [0.1, 0.15) is 0 Å². The van der Waals surface area contributed by atoms with Crippen molar-refractivity contribution in [3.05, 3.63) is 36.5 Å². The number of nitrogens with zero attached hydrogens (tertiary/aromatic N) is 4. The number of hydrogen-bond donors (Lipinski definition) is 4. The second-order valence-electron chi connectivity index (χ2n) is 6.11. The van der Waals surface area contributed by atoms with Crippen LogP contribution in [0, 0.1) is 0 Å². The van der Waals surface area contributed by atoms with E-state index in [0.29, 0.717) is 11.1 Å². The monoisotopic (exact) mass is 381 g/mol. The van der Waals surface area contributed by atoms with Crippen molar-refractivity contribution in [3.63, 3.8) is 0 Å². The summed E-state index contributed by atoms with van der Waals surface area (Å²) in [6.45, 7) is 2.04.